The normalized spacial score (nSPS) is 19.3. The van der Waals surface area contributed by atoms with Gasteiger partial charge in [-0.05, 0) is 80.0 Å². The molecule has 2 aromatic carbocycles. The maximum atomic E-state index is 14.1. The van der Waals surface area contributed by atoms with Crippen molar-refractivity contribution in [3.05, 3.63) is 75.5 Å². The molecule has 14 heteroatoms. The molecular formula is C34H36Cl2F2N3O6S+. The van der Waals surface area contributed by atoms with Gasteiger partial charge in [0.2, 0.25) is 5.91 Å². The summed E-state index contributed by atoms with van der Waals surface area (Å²) < 4.78 is 45.3. The van der Waals surface area contributed by atoms with Gasteiger partial charge in [0, 0.05) is 36.2 Å². The first-order valence-electron chi connectivity index (χ1n) is 15.7. The summed E-state index contributed by atoms with van der Waals surface area (Å²) in [4.78, 5) is 31.7. The smallest absolute Gasteiger partial charge is 0.387 e. The van der Waals surface area contributed by atoms with Gasteiger partial charge in [-0.15, -0.1) is 0 Å². The summed E-state index contributed by atoms with van der Waals surface area (Å²) in [6.07, 6.45) is 5.75. The van der Waals surface area contributed by atoms with E-state index >= 15 is 0 Å². The third kappa shape index (κ3) is 7.63. The Labute approximate surface area is 289 Å². The molecule has 1 aromatic heterocycles. The maximum Gasteiger partial charge on any atom is 0.387 e. The summed E-state index contributed by atoms with van der Waals surface area (Å²) in [7, 11) is 0.754. The van der Waals surface area contributed by atoms with E-state index < -0.39 is 35.4 Å². The van der Waals surface area contributed by atoms with Gasteiger partial charge < -0.3 is 24.2 Å². The molecule has 6 rings (SSSR count). The van der Waals surface area contributed by atoms with Gasteiger partial charge in [0.1, 0.15) is 22.2 Å². The highest BCUT2D eigenvalue weighted by atomic mass is 35.5. The van der Waals surface area contributed by atoms with Crippen molar-refractivity contribution >= 4 is 56.5 Å². The van der Waals surface area contributed by atoms with E-state index in [9.17, 15) is 23.5 Å². The number of esters is 1. The molecule has 0 spiro atoms. The number of alkyl halides is 2. The number of H-pyrrole nitrogens is 1. The number of halogens is 4. The minimum absolute atomic E-state index is 0.00758. The summed E-state index contributed by atoms with van der Waals surface area (Å²) in [6.45, 7) is -0.554. The van der Waals surface area contributed by atoms with Gasteiger partial charge in [-0.25, -0.2) is 9.29 Å². The number of ether oxygens (including phenoxy) is 3. The van der Waals surface area contributed by atoms with Crippen molar-refractivity contribution in [2.24, 2.45) is 5.92 Å². The second-order valence-electron chi connectivity index (χ2n) is 12.1. The van der Waals surface area contributed by atoms with Crippen LogP contribution in [-0.2, 0) is 27.2 Å². The standard InChI is InChI=1S/C34H35Cl2F2N3O6S/c1-19(42)48(23-8-9-27-22(12-23)14-32(43)40(27)2)41-11-3-4-28(41)33(44)46-30(15-24-25(35)16-39-17-26(24)36)21-7-10-29(47-34(37)38)31(13-21)45-18-20-5-6-20/h7-10,12-13,16-17,20,28,30,34,42H,3-6,11,14-15,18H2,1-2H3/p+1/t28-,30-,48?/m0/s1. The van der Waals surface area contributed by atoms with Crippen LogP contribution in [0, 0.1) is 5.92 Å². The number of hydrogen-bond acceptors (Lipinski definition) is 6. The molecule has 1 unspecified atom stereocenters. The molecule has 0 bridgehead atoms. The van der Waals surface area contributed by atoms with Crippen LogP contribution in [0.2, 0.25) is 10.0 Å². The third-order valence-electron chi connectivity index (χ3n) is 8.71. The Bertz CT molecular complexity index is 1730. The van der Waals surface area contributed by atoms with Crippen LogP contribution < -0.4 is 19.4 Å². The number of amides is 1. The van der Waals surface area contributed by atoms with Crippen LogP contribution in [0.4, 0.5) is 14.5 Å². The molecule has 9 nitrogen and oxygen atoms in total. The Hall–Kier alpha value is -3.29. The monoisotopic (exact) mass is 722 g/mol. The molecule has 2 N–H and O–H groups in total. The van der Waals surface area contributed by atoms with Crippen molar-refractivity contribution in [2.75, 3.05) is 25.1 Å². The molecule has 0 radical (unpaired) electrons. The Kier molecular flexibility index (Phi) is 10.6. The Morgan fingerprint density at radius 1 is 1.10 bits per heavy atom. The van der Waals surface area contributed by atoms with Gasteiger partial charge in [-0.2, -0.15) is 8.78 Å². The number of carbonyl (C=O) groups is 2. The van der Waals surface area contributed by atoms with E-state index in [0.717, 1.165) is 29.0 Å². The molecule has 48 heavy (non-hydrogen) atoms. The molecule has 3 aromatic rings. The second-order valence-corrected chi connectivity index (χ2v) is 15.0. The fraction of sp³-hybridized carbons (Fsp3) is 0.412. The van der Waals surface area contributed by atoms with Crippen molar-refractivity contribution in [2.45, 2.75) is 69.1 Å². The predicted molar refractivity (Wildman–Crippen MR) is 179 cm³/mol. The number of aliphatic hydroxyl groups excluding tert-OH is 1. The number of hydrogen-bond donors (Lipinski definition) is 1. The molecule has 3 atom stereocenters. The molecule has 2 aliphatic heterocycles. The molecule has 1 saturated carbocycles. The summed E-state index contributed by atoms with van der Waals surface area (Å²) in [5.74, 6) is -0.176. The van der Waals surface area contributed by atoms with E-state index in [1.165, 1.54) is 6.07 Å². The lowest BCUT2D eigenvalue weighted by atomic mass is 10.0. The van der Waals surface area contributed by atoms with E-state index in [0.29, 0.717) is 53.1 Å². The number of fused-ring (bicyclic) bond motifs is 1. The number of nitrogens with one attached hydrogen (secondary N) is 1. The topological polar surface area (TPSA) is 103 Å². The zero-order valence-electron chi connectivity index (χ0n) is 26.4. The van der Waals surface area contributed by atoms with Crippen LogP contribution in [0.15, 0.2) is 53.7 Å². The predicted octanol–water partition coefficient (Wildman–Crippen LogP) is 6.96. The lowest BCUT2D eigenvalue weighted by molar-refractivity contribution is -0.377. The number of aromatic amines is 1. The van der Waals surface area contributed by atoms with E-state index in [1.807, 2.05) is 22.5 Å². The average molecular weight is 724 g/mol. The molecule has 2 fully saturated rings. The molecule has 3 aliphatic rings. The fourth-order valence-corrected chi connectivity index (χ4v) is 8.75. The molecule has 3 heterocycles. The lowest BCUT2D eigenvalue weighted by Gasteiger charge is -2.29. The number of anilines is 1. The number of likely N-dealkylation sites (N-methyl/N-ethyl adjacent to an activating group) is 1. The van der Waals surface area contributed by atoms with Crippen LogP contribution >= 0.6 is 33.9 Å². The minimum Gasteiger partial charge on any atom is -0.489 e. The maximum absolute atomic E-state index is 14.1. The summed E-state index contributed by atoms with van der Waals surface area (Å²) >= 11 is 13.0. The van der Waals surface area contributed by atoms with Crippen LogP contribution in [0.25, 0.3) is 0 Å². The summed E-state index contributed by atoms with van der Waals surface area (Å²) in [6, 6.07) is 9.47. The van der Waals surface area contributed by atoms with Crippen molar-refractivity contribution in [3.63, 3.8) is 0 Å². The van der Waals surface area contributed by atoms with Crippen LogP contribution in [0.3, 0.4) is 0 Å². The number of benzene rings is 2. The third-order valence-corrected chi connectivity index (χ3v) is 11.6. The van der Waals surface area contributed by atoms with E-state index in [2.05, 4.69) is 4.98 Å². The van der Waals surface area contributed by atoms with Gasteiger partial charge in [-0.3, -0.25) is 9.59 Å². The van der Waals surface area contributed by atoms with Crippen molar-refractivity contribution < 1.29 is 42.7 Å². The highest BCUT2D eigenvalue weighted by Gasteiger charge is 2.38. The van der Waals surface area contributed by atoms with Gasteiger partial charge in [0.25, 0.3) is 0 Å². The molecule has 256 valence electrons. The Morgan fingerprint density at radius 2 is 1.85 bits per heavy atom. The first kappa shape index (κ1) is 34.6. The number of carbonyl (C=O) groups excluding carboxylic acids is 2. The number of aromatic nitrogens is 1. The molecule has 1 aliphatic carbocycles. The Morgan fingerprint density at radius 3 is 2.54 bits per heavy atom. The van der Waals surface area contributed by atoms with E-state index in [1.54, 1.807) is 43.4 Å². The average Bonchev–Trinajstić information content (AvgIpc) is 3.67. The zero-order valence-corrected chi connectivity index (χ0v) is 28.7. The summed E-state index contributed by atoms with van der Waals surface area (Å²) in [5.41, 5.74) is 2.70. The first-order chi connectivity index (χ1) is 23.0. The number of pyridine rings is 1. The number of nitrogens with zero attached hydrogens (tertiary/aromatic N) is 2. The lowest BCUT2D eigenvalue weighted by Crippen LogP contribution is -2.35. The van der Waals surface area contributed by atoms with Crippen molar-refractivity contribution in [1.29, 1.82) is 0 Å². The minimum atomic E-state index is -3.05. The fourth-order valence-electron chi connectivity index (χ4n) is 6.06. The SMILES string of the molecule is C/C(O)=S(/c1ccc2c(c1)CC(=O)N2C)N1CCC[C@H]1C(=O)O[C@@H](Cc1c(Cl)c[nH+]cc1Cl)c1ccc(OC(F)F)c(OCC2CC2)c1. The second kappa shape index (κ2) is 14.7. The highest BCUT2D eigenvalue weighted by molar-refractivity contribution is 8.13. The molecular weight excluding hydrogens is 687 g/mol. The summed E-state index contributed by atoms with van der Waals surface area (Å²) in [5, 5.41) is 11.8. The van der Waals surface area contributed by atoms with Crippen molar-refractivity contribution in [1.82, 2.24) is 4.31 Å². The van der Waals surface area contributed by atoms with Crippen LogP contribution in [0.5, 0.6) is 11.5 Å². The highest BCUT2D eigenvalue weighted by Crippen LogP contribution is 2.43. The first-order valence-corrected chi connectivity index (χ1v) is 17.6. The molecule has 1 amide bonds. The van der Waals surface area contributed by atoms with Gasteiger partial charge in [0.15, 0.2) is 23.9 Å². The molecule has 1 saturated heterocycles. The van der Waals surface area contributed by atoms with E-state index in [4.69, 9.17) is 37.4 Å². The van der Waals surface area contributed by atoms with E-state index in [-0.39, 0.29) is 35.3 Å². The largest absolute Gasteiger partial charge is 0.489 e. The number of rotatable bonds is 12. The number of aliphatic hydroxyl groups is 1. The van der Waals surface area contributed by atoms with Crippen molar-refractivity contribution in [3.8, 4) is 11.5 Å². The van der Waals surface area contributed by atoms with Crippen LogP contribution in [-0.4, -0.2) is 59.2 Å². The zero-order chi connectivity index (χ0) is 34.1. The quantitative estimate of drug-likeness (QED) is 0.159. The van der Waals surface area contributed by atoms with Gasteiger partial charge >= 0.3 is 12.6 Å². The van der Waals surface area contributed by atoms with Gasteiger partial charge in [-0.1, -0.05) is 39.9 Å². The Balaban J connectivity index is 1.31. The van der Waals surface area contributed by atoms with Crippen LogP contribution in [0.1, 0.15) is 55.4 Å². The van der Waals surface area contributed by atoms with Gasteiger partial charge in [0.05, 0.1) is 18.1 Å².